The minimum atomic E-state index is -0.300. The molecule has 0 fully saturated rings. The molecule has 2 unspecified atom stereocenters. The first-order valence-corrected chi connectivity index (χ1v) is 6.86. The van der Waals surface area contributed by atoms with Gasteiger partial charge in [-0.25, -0.2) is 4.39 Å². The third kappa shape index (κ3) is 3.04. The molecular weight excluding hydrogens is 257 g/mol. The number of aryl methyl sites for hydroxylation is 1. The summed E-state index contributed by atoms with van der Waals surface area (Å²) < 4.78 is 18.7. The maximum absolute atomic E-state index is 13.3. The number of benzene rings is 1. The third-order valence-corrected chi connectivity index (χ3v) is 3.55. The molecule has 0 amide bonds. The van der Waals surface area contributed by atoms with Gasteiger partial charge in [-0.2, -0.15) is 4.98 Å². The van der Waals surface area contributed by atoms with Crippen LogP contribution in [0.4, 0.5) is 4.39 Å². The summed E-state index contributed by atoms with van der Waals surface area (Å²) in [5.41, 5.74) is 1.59. The van der Waals surface area contributed by atoms with Crippen LogP contribution in [0.1, 0.15) is 38.1 Å². The highest BCUT2D eigenvalue weighted by Gasteiger charge is 2.21. The molecular formula is C15H20FN3O. The van der Waals surface area contributed by atoms with E-state index in [0.29, 0.717) is 17.3 Å². The Hall–Kier alpha value is -1.75. The molecule has 2 rings (SSSR count). The lowest BCUT2D eigenvalue weighted by Gasteiger charge is -2.16. The molecule has 0 saturated heterocycles. The Morgan fingerprint density at radius 1 is 1.35 bits per heavy atom. The molecule has 0 spiro atoms. The summed E-state index contributed by atoms with van der Waals surface area (Å²) in [5, 5.41) is 7.30. The molecule has 0 aliphatic heterocycles. The number of aromatic nitrogens is 2. The molecule has 0 aliphatic rings. The third-order valence-electron chi connectivity index (χ3n) is 3.55. The molecule has 108 valence electrons. The second kappa shape index (κ2) is 6.13. The smallest absolute Gasteiger partial charge is 0.231 e. The monoisotopic (exact) mass is 277 g/mol. The Kier molecular flexibility index (Phi) is 4.49. The molecule has 1 aromatic heterocycles. The van der Waals surface area contributed by atoms with E-state index in [1.54, 1.807) is 6.07 Å². The maximum atomic E-state index is 13.3. The van der Waals surface area contributed by atoms with Crippen LogP contribution in [0.5, 0.6) is 0 Å². The highest BCUT2D eigenvalue weighted by Crippen LogP contribution is 2.24. The van der Waals surface area contributed by atoms with Crippen molar-refractivity contribution in [2.45, 2.75) is 39.7 Å². The van der Waals surface area contributed by atoms with Gasteiger partial charge in [0.25, 0.3) is 0 Å². The van der Waals surface area contributed by atoms with E-state index in [2.05, 4.69) is 29.3 Å². The van der Waals surface area contributed by atoms with Crippen LogP contribution < -0.4 is 5.32 Å². The van der Waals surface area contributed by atoms with Gasteiger partial charge in [0.05, 0.1) is 5.92 Å². The number of halogens is 1. The molecule has 1 N–H and O–H groups in total. The zero-order valence-electron chi connectivity index (χ0n) is 12.3. The minimum absolute atomic E-state index is 0.102. The summed E-state index contributed by atoms with van der Waals surface area (Å²) in [4.78, 5) is 4.40. The highest BCUT2D eigenvalue weighted by atomic mass is 19.1. The average molecular weight is 277 g/mol. The standard InChI is InChI=1S/C15H20FN3O/c1-5-17-11(4)10(3)15-18-14(19-20-15)13-8-12(16)7-6-9(13)2/h6-8,10-11,17H,5H2,1-4H3. The van der Waals surface area contributed by atoms with E-state index in [1.165, 1.54) is 12.1 Å². The second-order valence-electron chi connectivity index (χ2n) is 5.05. The van der Waals surface area contributed by atoms with Crippen LogP contribution in [-0.4, -0.2) is 22.7 Å². The van der Waals surface area contributed by atoms with Crippen molar-refractivity contribution in [3.63, 3.8) is 0 Å². The fourth-order valence-electron chi connectivity index (χ4n) is 2.08. The molecule has 0 radical (unpaired) electrons. The van der Waals surface area contributed by atoms with E-state index in [-0.39, 0.29) is 17.8 Å². The Bertz CT molecular complexity index is 582. The fourth-order valence-corrected chi connectivity index (χ4v) is 2.08. The number of hydrogen-bond donors (Lipinski definition) is 1. The Morgan fingerprint density at radius 3 is 2.80 bits per heavy atom. The van der Waals surface area contributed by atoms with E-state index in [4.69, 9.17) is 4.52 Å². The first kappa shape index (κ1) is 14.7. The van der Waals surface area contributed by atoms with Crippen LogP contribution in [-0.2, 0) is 0 Å². The lowest BCUT2D eigenvalue weighted by Crippen LogP contribution is -2.30. The summed E-state index contributed by atoms with van der Waals surface area (Å²) in [6.07, 6.45) is 0. The SMILES string of the molecule is CCNC(C)C(C)c1nc(-c2cc(F)ccc2C)no1. The van der Waals surface area contributed by atoms with Crippen molar-refractivity contribution < 1.29 is 8.91 Å². The Labute approximate surface area is 118 Å². The predicted molar refractivity (Wildman–Crippen MR) is 76.0 cm³/mol. The molecule has 2 atom stereocenters. The zero-order valence-corrected chi connectivity index (χ0v) is 12.3. The van der Waals surface area contributed by atoms with Crippen LogP contribution in [0.15, 0.2) is 22.7 Å². The van der Waals surface area contributed by atoms with Crippen molar-refractivity contribution in [1.29, 1.82) is 0 Å². The largest absolute Gasteiger partial charge is 0.339 e. The van der Waals surface area contributed by atoms with Crippen LogP contribution in [0.3, 0.4) is 0 Å². The molecule has 2 aromatic rings. The highest BCUT2D eigenvalue weighted by molar-refractivity contribution is 5.59. The van der Waals surface area contributed by atoms with Gasteiger partial charge in [0.2, 0.25) is 11.7 Å². The van der Waals surface area contributed by atoms with Gasteiger partial charge in [-0.15, -0.1) is 0 Å². The molecule has 0 aliphatic carbocycles. The van der Waals surface area contributed by atoms with Gasteiger partial charge in [-0.1, -0.05) is 25.1 Å². The number of nitrogens with one attached hydrogen (secondary N) is 1. The lowest BCUT2D eigenvalue weighted by molar-refractivity contribution is 0.332. The summed E-state index contributed by atoms with van der Waals surface area (Å²) in [6.45, 7) is 8.94. The molecule has 1 heterocycles. The summed E-state index contributed by atoms with van der Waals surface area (Å²) >= 11 is 0. The molecule has 1 aromatic carbocycles. The zero-order chi connectivity index (χ0) is 14.7. The molecule has 20 heavy (non-hydrogen) atoms. The van der Waals surface area contributed by atoms with Crippen molar-refractivity contribution in [3.8, 4) is 11.4 Å². The second-order valence-corrected chi connectivity index (χ2v) is 5.05. The van der Waals surface area contributed by atoms with Gasteiger partial charge >= 0.3 is 0 Å². The summed E-state index contributed by atoms with van der Waals surface area (Å²) in [5.74, 6) is 0.806. The fraction of sp³-hybridized carbons (Fsp3) is 0.467. The van der Waals surface area contributed by atoms with E-state index in [1.807, 2.05) is 13.8 Å². The van der Waals surface area contributed by atoms with Gasteiger partial charge < -0.3 is 9.84 Å². The van der Waals surface area contributed by atoms with Gasteiger partial charge in [-0.05, 0) is 38.1 Å². The van der Waals surface area contributed by atoms with Gasteiger partial charge in [0.15, 0.2) is 0 Å². The van der Waals surface area contributed by atoms with E-state index < -0.39 is 0 Å². The molecule has 0 bridgehead atoms. The van der Waals surface area contributed by atoms with Crippen LogP contribution in [0.2, 0.25) is 0 Å². The first-order valence-electron chi connectivity index (χ1n) is 6.86. The first-order chi connectivity index (χ1) is 9.52. The van der Waals surface area contributed by atoms with Crippen LogP contribution in [0, 0.1) is 12.7 Å². The van der Waals surface area contributed by atoms with E-state index in [9.17, 15) is 4.39 Å². The molecule has 4 nitrogen and oxygen atoms in total. The van der Waals surface area contributed by atoms with Crippen LogP contribution >= 0.6 is 0 Å². The predicted octanol–water partition coefficient (Wildman–Crippen LogP) is 3.29. The average Bonchev–Trinajstić information content (AvgIpc) is 2.90. The van der Waals surface area contributed by atoms with Gasteiger partial charge in [0, 0.05) is 11.6 Å². The van der Waals surface area contributed by atoms with Crippen LogP contribution in [0.25, 0.3) is 11.4 Å². The van der Waals surface area contributed by atoms with Crippen molar-refractivity contribution in [3.05, 3.63) is 35.5 Å². The Balaban J connectivity index is 2.26. The summed E-state index contributed by atoms with van der Waals surface area (Å²) in [6, 6.07) is 4.81. The van der Waals surface area contributed by atoms with Crippen molar-refractivity contribution in [2.24, 2.45) is 0 Å². The topological polar surface area (TPSA) is 51.0 Å². The Morgan fingerprint density at radius 2 is 2.10 bits per heavy atom. The molecule has 5 heteroatoms. The number of likely N-dealkylation sites (N-methyl/N-ethyl adjacent to an activating group) is 1. The van der Waals surface area contributed by atoms with Gasteiger partial charge in [-0.3, -0.25) is 0 Å². The van der Waals surface area contributed by atoms with Crippen molar-refractivity contribution >= 4 is 0 Å². The number of nitrogens with zero attached hydrogens (tertiary/aromatic N) is 2. The van der Waals surface area contributed by atoms with Crippen molar-refractivity contribution in [2.75, 3.05) is 6.54 Å². The maximum Gasteiger partial charge on any atom is 0.231 e. The number of hydrogen-bond acceptors (Lipinski definition) is 4. The van der Waals surface area contributed by atoms with E-state index >= 15 is 0 Å². The minimum Gasteiger partial charge on any atom is -0.339 e. The normalized spacial score (nSPS) is 14.2. The van der Waals surface area contributed by atoms with E-state index in [0.717, 1.165) is 12.1 Å². The lowest BCUT2D eigenvalue weighted by atomic mass is 10.0. The van der Waals surface area contributed by atoms with Crippen molar-refractivity contribution in [1.82, 2.24) is 15.5 Å². The summed E-state index contributed by atoms with van der Waals surface area (Å²) in [7, 11) is 0. The quantitative estimate of drug-likeness (QED) is 0.911. The number of rotatable bonds is 5. The van der Waals surface area contributed by atoms with Gasteiger partial charge in [0.1, 0.15) is 5.82 Å². The molecule has 0 saturated carbocycles.